The molecule has 5 heteroatoms. The van der Waals surface area contributed by atoms with E-state index >= 15 is 0 Å². The van der Waals surface area contributed by atoms with E-state index in [-0.39, 0.29) is 17.0 Å². The highest BCUT2D eigenvalue weighted by atomic mass is 16.3. The van der Waals surface area contributed by atoms with Gasteiger partial charge in [0, 0.05) is 24.6 Å². The molecule has 2 N–H and O–H groups in total. The SMILES string of the molecule is CC(C)(C)c1cc(=O)n(C2CNCC2O)cn1. The molecule has 0 radical (unpaired) electrons. The second-order valence-corrected chi connectivity index (χ2v) is 5.56. The minimum atomic E-state index is -0.519. The Hall–Kier alpha value is -1.20. The number of β-amino-alcohol motifs (C(OH)–C–C–N with tert-alkyl or cyclic N) is 1. The summed E-state index contributed by atoms with van der Waals surface area (Å²) >= 11 is 0. The van der Waals surface area contributed by atoms with E-state index in [1.54, 1.807) is 12.4 Å². The summed E-state index contributed by atoms with van der Waals surface area (Å²) in [6, 6.07) is 1.36. The van der Waals surface area contributed by atoms with Crippen molar-refractivity contribution in [1.82, 2.24) is 14.9 Å². The summed E-state index contributed by atoms with van der Waals surface area (Å²) in [6.45, 7) is 7.19. The molecule has 1 fully saturated rings. The molecule has 0 bridgehead atoms. The summed E-state index contributed by atoms with van der Waals surface area (Å²) in [5, 5.41) is 12.8. The van der Waals surface area contributed by atoms with E-state index in [0.29, 0.717) is 13.1 Å². The molecule has 5 nitrogen and oxygen atoms in total. The molecular formula is C12H19N3O2. The molecule has 94 valence electrons. The fourth-order valence-electron chi connectivity index (χ4n) is 2.00. The zero-order chi connectivity index (χ0) is 12.6. The smallest absolute Gasteiger partial charge is 0.253 e. The first-order valence-electron chi connectivity index (χ1n) is 5.87. The Morgan fingerprint density at radius 2 is 2.18 bits per heavy atom. The maximum absolute atomic E-state index is 12.0. The molecule has 0 aromatic carbocycles. The van der Waals surface area contributed by atoms with Crippen molar-refractivity contribution in [3.8, 4) is 0 Å². The van der Waals surface area contributed by atoms with Gasteiger partial charge in [-0.3, -0.25) is 9.36 Å². The number of nitrogens with zero attached hydrogens (tertiary/aromatic N) is 2. The van der Waals surface area contributed by atoms with Crippen LogP contribution in [0.4, 0.5) is 0 Å². The van der Waals surface area contributed by atoms with Crippen LogP contribution < -0.4 is 10.9 Å². The van der Waals surface area contributed by atoms with E-state index in [1.165, 1.54) is 4.57 Å². The monoisotopic (exact) mass is 237 g/mol. The topological polar surface area (TPSA) is 67.2 Å². The lowest BCUT2D eigenvalue weighted by Gasteiger charge is -2.20. The maximum Gasteiger partial charge on any atom is 0.253 e. The van der Waals surface area contributed by atoms with Crippen LogP contribution in [-0.2, 0) is 5.41 Å². The Kier molecular flexibility index (Phi) is 3.05. The van der Waals surface area contributed by atoms with Crippen LogP contribution in [0.1, 0.15) is 32.5 Å². The van der Waals surface area contributed by atoms with Crippen molar-refractivity contribution >= 4 is 0 Å². The molecule has 0 aliphatic carbocycles. The Morgan fingerprint density at radius 1 is 1.47 bits per heavy atom. The number of rotatable bonds is 1. The molecule has 1 aromatic heterocycles. The van der Waals surface area contributed by atoms with Crippen molar-refractivity contribution < 1.29 is 5.11 Å². The highest BCUT2D eigenvalue weighted by Gasteiger charge is 2.27. The minimum absolute atomic E-state index is 0.0994. The Labute approximate surface area is 100 Å². The van der Waals surface area contributed by atoms with Gasteiger partial charge in [0.1, 0.15) is 0 Å². The van der Waals surface area contributed by atoms with Crippen molar-refractivity contribution in [3.05, 3.63) is 28.4 Å². The second kappa shape index (κ2) is 4.23. The van der Waals surface area contributed by atoms with E-state index in [4.69, 9.17) is 0 Å². The lowest BCUT2D eigenvalue weighted by Crippen LogP contribution is -2.33. The van der Waals surface area contributed by atoms with Crippen LogP contribution in [0.25, 0.3) is 0 Å². The van der Waals surface area contributed by atoms with Gasteiger partial charge in [0.05, 0.1) is 24.2 Å². The van der Waals surface area contributed by atoms with Crippen LogP contribution in [0, 0.1) is 0 Å². The maximum atomic E-state index is 12.0. The van der Waals surface area contributed by atoms with Crippen LogP contribution in [0.15, 0.2) is 17.2 Å². The molecule has 0 saturated carbocycles. The normalized spacial score (nSPS) is 25.2. The van der Waals surface area contributed by atoms with Crippen LogP contribution in [0.5, 0.6) is 0 Å². The third-order valence-corrected chi connectivity index (χ3v) is 3.11. The van der Waals surface area contributed by atoms with Crippen molar-refractivity contribution in [2.24, 2.45) is 0 Å². The molecule has 1 aliphatic rings. The van der Waals surface area contributed by atoms with Gasteiger partial charge in [-0.15, -0.1) is 0 Å². The zero-order valence-electron chi connectivity index (χ0n) is 10.5. The second-order valence-electron chi connectivity index (χ2n) is 5.56. The Bertz CT molecular complexity index is 462. The van der Waals surface area contributed by atoms with Crippen molar-refractivity contribution in [2.45, 2.75) is 38.3 Å². The van der Waals surface area contributed by atoms with Gasteiger partial charge in [0.2, 0.25) is 0 Å². The predicted molar refractivity (Wildman–Crippen MR) is 65.1 cm³/mol. The molecule has 1 saturated heterocycles. The summed E-state index contributed by atoms with van der Waals surface area (Å²) < 4.78 is 1.51. The van der Waals surface area contributed by atoms with Gasteiger partial charge in [-0.1, -0.05) is 20.8 Å². The predicted octanol–water partition coefficient (Wildman–Crippen LogP) is 0.0460. The van der Waals surface area contributed by atoms with E-state index in [9.17, 15) is 9.90 Å². The average molecular weight is 237 g/mol. The first-order chi connectivity index (χ1) is 7.89. The molecule has 17 heavy (non-hydrogen) atoms. The standard InChI is InChI=1S/C12H19N3O2/c1-12(2,3)10-4-11(17)15(7-14-10)8-5-13-6-9(8)16/h4,7-9,13,16H,5-6H2,1-3H3. The van der Waals surface area contributed by atoms with Crippen LogP contribution in [-0.4, -0.2) is 33.9 Å². The molecule has 2 atom stereocenters. The fourth-order valence-corrected chi connectivity index (χ4v) is 2.00. The van der Waals surface area contributed by atoms with Gasteiger partial charge in [-0.2, -0.15) is 0 Å². The van der Waals surface area contributed by atoms with Gasteiger partial charge in [-0.25, -0.2) is 4.98 Å². The third-order valence-electron chi connectivity index (χ3n) is 3.11. The van der Waals surface area contributed by atoms with Crippen LogP contribution in [0.2, 0.25) is 0 Å². The highest BCUT2D eigenvalue weighted by Crippen LogP contribution is 2.19. The lowest BCUT2D eigenvalue weighted by atomic mass is 9.92. The fraction of sp³-hybridized carbons (Fsp3) is 0.667. The Morgan fingerprint density at radius 3 is 2.65 bits per heavy atom. The molecule has 0 amide bonds. The van der Waals surface area contributed by atoms with E-state index in [2.05, 4.69) is 10.3 Å². The number of aliphatic hydroxyl groups excluding tert-OH is 1. The summed E-state index contributed by atoms with van der Waals surface area (Å²) in [7, 11) is 0. The number of hydrogen-bond donors (Lipinski definition) is 2. The molecule has 1 aromatic rings. The number of hydrogen-bond acceptors (Lipinski definition) is 4. The first-order valence-corrected chi connectivity index (χ1v) is 5.87. The molecule has 2 heterocycles. The van der Waals surface area contributed by atoms with Crippen molar-refractivity contribution in [1.29, 1.82) is 0 Å². The number of nitrogens with one attached hydrogen (secondary N) is 1. The lowest BCUT2D eigenvalue weighted by molar-refractivity contribution is 0.148. The van der Waals surface area contributed by atoms with E-state index in [0.717, 1.165) is 5.69 Å². The molecular weight excluding hydrogens is 218 g/mol. The van der Waals surface area contributed by atoms with Gasteiger partial charge in [-0.05, 0) is 0 Å². The van der Waals surface area contributed by atoms with Crippen LogP contribution >= 0.6 is 0 Å². The van der Waals surface area contributed by atoms with Gasteiger partial charge < -0.3 is 10.4 Å². The van der Waals surface area contributed by atoms with Gasteiger partial charge in [0.25, 0.3) is 5.56 Å². The third kappa shape index (κ3) is 2.40. The first kappa shape index (κ1) is 12.3. The van der Waals surface area contributed by atoms with E-state index in [1.807, 2.05) is 20.8 Å². The van der Waals surface area contributed by atoms with Crippen molar-refractivity contribution in [3.63, 3.8) is 0 Å². The average Bonchev–Trinajstić information content (AvgIpc) is 2.63. The minimum Gasteiger partial charge on any atom is -0.390 e. The number of aliphatic hydroxyl groups is 1. The molecule has 0 spiro atoms. The molecule has 2 rings (SSSR count). The highest BCUT2D eigenvalue weighted by molar-refractivity contribution is 5.11. The largest absolute Gasteiger partial charge is 0.390 e. The summed E-state index contributed by atoms with van der Waals surface area (Å²) in [4.78, 5) is 16.3. The number of aromatic nitrogens is 2. The van der Waals surface area contributed by atoms with E-state index < -0.39 is 6.10 Å². The quantitative estimate of drug-likeness (QED) is 0.724. The van der Waals surface area contributed by atoms with Gasteiger partial charge >= 0.3 is 0 Å². The van der Waals surface area contributed by atoms with Crippen LogP contribution in [0.3, 0.4) is 0 Å². The Balaban J connectivity index is 2.35. The zero-order valence-corrected chi connectivity index (χ0v) is 10.5. The molecule has 2 unspecified atom stereocenters. The van der Waals surface area contributed by atoms with Gasteiger partial charge in [0.15, 0.2) is 0 Å². The summed E-state index contributed by atoms with van der Waals surface area (Å²) in [5.74, 6) is 0. The summed E-state index contributed by atoms with van der Waals surface area (Å²) in [6.07, 6.45) is 1.03. The molecule has 1 aliphatic heterocycles. The van der Waals surface area contributed by atoms with Crippen molar-refractivity contribution in [2.75, 3.05) is 13.1 Å². The summed E-state index contributed by atoms with van der Waals surface area (Å²) in [5.41, 5.74) is 0.544.